The van der Waals surface area contributed by atoms with Gasteiger partial charge in [-0.25, -0.2) is 0 Å². The second-order valence-electron chi connectivity index (χ2n) is 6.33. The number of ether oxygens (including phenoxy) is 1. The Morgan fingerprint density at radius 2 is 1.79 bits per heavy atom. The second kappa shape index (κ2) is 7.39. The largest absolute Gasteiger partial charge is 0.506 e. The number of phenols is 1. The summed E-state index contributed by atoms with van der Waals surface area (Å²) in [5, 5.41) is 12.8. The lowest BCUT2D eigenvalue weighted by molar-refractivity contribution is -0.120. The van der Waals surface area contributed by atoms with Crippen LogP contribution in [0.1, 0.15) is 37.2 Å². The van der Waals surface area contributed by atoms with E-state index in [2.05, 4.69) is 29.6 Å². The summed E-state index contributed by atoms with van der Waals surface area (Å²) in [7, 11) is 1.54. The third-order valence-electron chi connectivity index (χ3n) is 4.83. The third-order valence-corrected chi connectivity index (χ3v) is 4.83. The number of hydrogen-bond donors (Lipinski definition) is 2. The predicted molar refractivity (Wildman–Crippen MR) is 94.4 cm³/mol. The van der Waals surface area contributed by atoms with Crippen LogP contribution in [0.5, 0.6) is 11.5 Å². The van der Waals surface area contributed by atoms with Gasteiger partial charge in [-0.1, -0.05) is 30.3 Å². The zero-order valence-corrected chi connectivity index (χ0v) is 13.9. The van der Waals surface area contributed by atoms with Gasteiger partial charge in [-0.2, -0.15) is 0 Å². The molecule has 4 heteroatoms. The minimum absolute atomic E-state index is 0.00599. The summed E-state index contributed by atoms with van der Waals surface area (Å²) in [5.41, 5.74) is 1.80. The number of phenolic OH excluding ortho intramolecular Hbond substituents is 1. The molecule has 2 N–H and O–H groups in total. The summed E-state index contributed by atoms with van der Waals surface area (Å²) in [6.45, 7) is 0. The van der Waals surface area contributed by atoms with Gasteiger partial charge in [-0.15, -0.1) is 0 Å². The van der Waals surface area contributed by atoms with Crippen molar-refractivity contribution in [2.45, 2.75) is 31.6 Å². The first-order valence-corrected chi connectivity index (χ1v) is 8.40. The summed E-state index contributed by atoms with van der Waals surface area (Å²) >= 11 is 0. The van der Waals surface area contributed by atoms with Crippen LogP contribution in [0.2, 0.25) is 0 Å². The maximum Gasteiger partial charge on any atom is 0.227 e. The molecule has 0 unspecified atom stereocenters. The van der Waals surface area contributed by atoms with Crippen LogP contribution >= 0.6 is 0 Å². The lowest BCUT2D eigenvalue weighted by Gasteiger charge is -2.28. The summed E-state index contributed by atoms with van der Waals surface area (Å²) in [6, 6.07) is 15.4. The van der Waals surface area contributed by atoms with Crippen LogP contribution in [-0.2, 0) is 4.79 Å². The van der Waals surface area contributed by atoms with Gasteiger partial charge in [0.05, 0.1) is 12.8 Å². The van der Waals surface area contributed by atoms with Crippen molar-refractivity contribution >= 4 is 11.6 Å². The van der Waals surface area contributed by atoms with Crippen molar-refractivity contribution in [3.05, 3.63) is 54.1 Å². The number of aromatic hydroxyl groups is 1. The fraction of sp³-hybridized carbons (Fsp3) is 0.350. The molecule has 1 aliphatic carbocycles. The average Bonchev–Trinajstić information content (AvgIpc) is 2.64. The van der Waals surface area contributed by atoms with Crippen LogP contribution in [0.3, 0.4) is 0 Å². The van der Waals surface area contributed by atoms with Crippen molar-refractivity contribution in [2.75, 3.05) is 12.4 Å². The van der Waals surface area contributed by atoms with Crippen LogP contribution in [0.4, 0.5) is 5.69 Å². The van der Waals surface area contributed by atoms with Crippen LogP contribution in [-0.4, -0.2) is 18.1 Å². The quantitative estimate of drug-likeness (QED) is 0.823. The van der Waals surface area contributed by atoms with E-state index in [1.807, 2.05) is 6.07 Å². The number of benzene rings is 2. The van der Waals surface area contributed by atoms with E-state index >= 15 is 0 Å². The Balaban J connectivity index is 1.57. The molecule has 126 valence electrons. The van der Waals surface area contributed by atoms with Gasteiger partial charge < -0.3 is 15.2 Å². The molecule has 0 radical (unpaired) electrons. The fourth-order valence-electron chi connectivity index (χ4n) is 3.39. The minimum Gasteiger partial charge on any atom is -0.506 e. The number of hydrogen-bond acceptors (Lipinski definition) is 3. The molecule has 0 aliphatic heterocycles. The van der Waals surface area contributed by atoms with Crippen molar-refractivity contribution < 1.29 is 14.6 Å². The highest BCUT2D eigenvalue weighted by Crippen LogP contribution is 2.36. The molecule has 3 rings (SSSR count). The number of methoxy groups -OCH3 is 1. The third kappa shape index (κ3) is 3.70. The standard InChI is InChI=1S/C20H23NO3/c1-24-17-11-12-18(19(22)13-17)21-20(23)16-9-7-15(8-10-16)14-5-3-2-4-6-14/h2-6,11-13,15-16,22H,7-10H2,1H3,(H,21,23). The van der Waals surface area contributed by atoms with Gasteiger partial charge in [0.2, 0.25) is 5.91 Å². The highest BCUT2D eigenvalue weighted by atomic mass is 16.5. The molecule has 0 atom stereocenters. The highest BCUT2D eigenvalue weighted by Gasteiger charge is 2.27. The van der Waals surface area contributed by atoms with E-state index < -0.39 is 0 Å². The lowest BCUT2D eigenvalue weighted by atomic mass is 9.78. The Hall–Kier alpha value is -2.49. The predicted octanol–water partition coefficient (Wildman–Crippen LogP) is 4.31. The van der Waals surface area contributed by atoms with E-state index in [1.54, 1.807) is 12.1 Å². The molecule has 1 aliphatic rings. The van der Waals surface area contributed by atoms with Gasteiger partial charge in [-0.3, -0.25) is 4.79 Å². The smallest absolute Gasteiger partial charge is 0.227 e. The SMILES string of the molecule is COc1ccc(NC(=O)C2CCC(c3ccccc3)CC2)c(O)c1. The monoisotopic (exact) mass is 325 g/mol. The topological polar surface area (TPSA) is 58.6 Å². The van der Waals surface area contributed by atoms with Crippen LogP contribution in [0, 0.1) is 5.92 Å². The summed E-state index contributed by atoms with van der Waals surface area (Å²) < 4.78 is 5.05. The summed E-state index contributed by atoms with van der Waals surface area (Å²) in [4.78, 5) is 12.5. The average molecular weight is 325 g/mol. The molecule has 0 aromatic heterocycles. The first kappa shape index (κ1) is 16.4. The highest BCUT2D eigenvalue weighted by molar-refractivity contribution is 5.94. The molecule has 1 fully saturated rings. The van der Waals surface area contributed by atoms with Gasteiger partial charge >= 0.3 is 0 Å². The Morgan fingerprint density at radius 1 is 1.08 bits per heavy atom. The molecule has 1 saturated carbocycles. The van der Waals surface area contributed by atoms with Crippen molar-refractivity contribution in [3.63, 3.8) is 0 Å². The first-order chi connectivity index (χ1) is 11.7. The molecule has 1 amide bonds. The van der Waals surface area contributed by atoms with E-state index in [4.69, 9.17) is 4.74 Å². The van der Waals surface area contributed by atoms with Crippen molar-refractivity contribution in [1.82, 2.24) is 0 Å². The van der Waals surface area contributed by atoms with E-state index in [0.717, 1.165) is 25.7 Å². The Labute approximate surface area is 142 Å². The molecule has 0 heterocycles. The molecule has 0 bridgehead atoms. The molecular formula is C20H23NO3. The number of nitrogens with one attached hydrogen (secondary N) is 1. The second-order valence-corrected chi connectivity index (χ2v) is 6.33. The Kier molecular flexibility index (Phi) is 5.04. The van der Waals surface area contributed by atoms with Crippen molar-refractivity contribution in [2.24, 2.45) is 5.92 Å². The van der Waals surface area contributed by atoms with Crippen LogP contribution in [0.15, 0.2) is 48.5 Å². The van der Waals surface area contributed by atoms with Gasteiger partial charge in [0.15, 0.2) is 0 Å². The Bertz CT molecular complexity index is 691. The summed E-state index contributed by atoms with van der Waals surface area (Å²) in [6.07, 6.45) is 3.80. The van der Waals surface area contributed by atoms with E-state index in [0.29, 0.717) is 17.4 Å². The lowest BCUT2D eigenvalue weighted by Crippen LogP contribution is -2.26. The molecule has 0 saturated heterocycles. The zero-order valence-electron chi connectivity index (χ0n) is 13.9. The molecule has 0 spiro atoms. The number of rotatable bonds is 4. The molecule has 24 heavy (non-hydrogen) atoms. The van der Waals surface area contributed by atoms with Gasteiger partial charge in [0, 0.05) is 12.0 Å². The van der Waals surface area contributed by atoms with Gasteiger partial charge in [0.1, 0.15) is 11.5 Å². The maximum atomic E-state index is 12.5. The maximum absolute atomic E-state index is 12.5. The number of carbonyl (C=O) groups excluding carboxylic acids is 1. The van der Waals surface area contributed by atoms with Gasteiger partial charge in [-0.05, 0) is 49.3 Å². The van der Waals surface area contributed by atoms with Crippen molar-refractivity contribution in [1.29, 1.82) is 0 Å². The van der Waals surface area contributed by atoms with Crippen LogP contribution in [0.25, 0.3) is 0 Å². The molecule has 4 nitrogen and oxygen atoms in total. The van der Waals surface area contributed by atoms with E-state index in [9.17, 15) is 9.90 Å². The molecule has 2 aromatic rings. The number of amides is 1. The van der Waals surface area contributed by atoms with E-state index in [-0.39, 0.29) is 17.6 Å². The molecule has 2 aromatic carbocycles. The number of carbonyl (C=O) groups is 1. The summed E-state index contributed by atoms with van der Waals surface area (Å²) in [5.74, 6) is 1.13. The van der Waals surface area contributed by atoms with Crippen molar-refractivity contribution in [3.8, 4) is 11.5 Å². The normalized spacial score (nSPS) is 20.4. The zero-order chi connectivity index (χ0) is 16.9. The number of anilines is 1. The van der Waals surface area contributed by atoms with Crippen LogP contribution < -0.4 is 10.1 Å². The Morgan fingerprint density at radius 3 is 2.42 bits per heavy atom. The fourth-order valence-corrected chi connectivity index (χ4v) is 3.39. The first-order valence-electron chi connectivity index (χ1n) is 8.40. The van der Waals surface area contributed by atoms with E-state index in [1.165, 1.54) is 18.7 Å². The minimum atomic E-state index is -0.0121. The molecular weight excluding hydrogens is 302 g/mol. The van der Waals surface area contributed by atoms with Gasteiger partial charge in [0.25, 0.3) is 0 Å².